The van der Waals surface area contributed by atoms with Gasteiger partial charge in [-0.1, -0.05) is 6.42 Å². The van der Waals surface area contributed by atoms with Gasteiger partial charge in [-0.3, -0.25) is 9.78 Å². The zero-order chi connectivity index (χ0) is 12.8. The van der Waals surface area contributed by atoms with Crippen LogP contribution < -0.4 is 11.1 Å². The lowest BCUT2D eigenvalue weighted by Crippen LogP contribution is -2.36. The van der Waals surface area contributed by atoms with E-state index in [9.17, 15) is 4.79 Å². The van der Waals surface area contributed by atoms with E-state index >= 15 is 0 Å². The third kappa shape index (κ3) is 3.29. The summed E-state index contributed by atoms with van der Waals surface area (Å²) >= 11 is 0. The van der Waals surface area contributed by atoms with Crippen LogP contribution in [-0.2, 0) is 11.2 Å². The average Bonchev–Trinajstić information content (AvgIpc) is 2.88. The molecule has 1 fully saturated rings. The van der Waals surface area contributed by atoms with Crippen molar-refractivity contribution in [1.29, 1.82) is 0 Å². The highest BCUT2D eigenvalue weighted by atomic mass is 16.1. The van der Waals surface area contributed by atoms with Gasteiger partial charge in [0.25, 0.3) is 0 Å². The zero-order valence-electron chi connectivity index (χ0n) is 10.6. The number of nitrogens with zero attached hydrogens (tertiary/aromatic N) is 1. The Balaban J connectivity index is 1.75. The van der Waals surface area contributed by atoms with Crippen LogP contribution in [0.3, 0.4) is 0 Å². The summed E-state index contributed by atoms with van der Waals surface area (Å²) in [6.07, 6.45) is 7.62. The summed E-state index contributed by atoms with van der Waals surface area (Å²) in [7, 11) is 0. The summed E-state index contributed by atoms with van der Waals surface area (Å²) in [5.41, 5.74) is 6.90. The van der Waals surface area contributed by atoms with Crippen LogP contribution in [0.5, 0.6) is 0 Å². The predicted octanol–water partition coefficient (Wildman–Crippen LogP) is 1.12. The summed E-state index contributed by atoms with van der Waals surface area (Å²) in [5, 5.41) is 3.02. The van der Waals surface area contributed by atoms with Crippen LogP contribution in [0.25, 0.3) is 0 Å². The molecule has 4 heteroatoms. The van der Waals surface area contributed by atoms with Crippen molar-refractivity contribution in [3.63, 3.8) is 0 Å². The van der Waals surface area contributed by atoms with E-state index in [1.165, 1.54) is 5.56 Å². The van der Waals surface area contributed by atoms with E-state index in [1.807, 2.05) is 12.1 Å². The minimum Gasteiger partial charge on any atom is -0.356 e. The van der Waals surface area contributed by atoms with E-state index in [-0.39, 0.29) is 11.8 Å². The molecule has 0 radical (unpaired) electrons. The van der Waals surface area contributed by atoms with E-state index in [0.717, 1.165) is 25.7 Å². The fourth-order valence-electron chi connectivity index (χ4n) is 2.67. The molecule has 1 aliphatic rings. The molecule has 0 aromatic carbocycles. The van der Waals surface area contributed by atoms with Crippen molar-refractivity contribution in [2.24, 2.45) is 17.6 Å². The molecule has 1 aliphatic carbocycles. The van der Waals surface area contributed by atoms with Crippen LogP contribution in [-0.4, -0.2) is 24.0 Å². The van der Waals surface area contributed by atoms with Crippen LogP contribution in [0, 0.1) is 11.8 Å². The first-order valence-electron chi connectivity index (χ1n) is 6.68. The Bertz CT molecular complexity index is 380. The van der Waals surface area contributed by atoms with Crippen LogP contribution >= 0.6 is 0 Å². The molecular formula is C14H21N3O. The molecule has 0 spiro atoms. The summed E-state index contributed by atoms with van der Waals surface area (Å²) < 4.78 is 0. The fourth-order valence-corrected chi connectivity index (χ4v) is 2.67. The van der Waals surface area contributed by atoms with E-state index < -0.39 is 0 Å². The van der Waals surface area contributed by atoms with Crippen LogP contribution in [0.2, 0.25) is 0 Å². The Morgan fingerprint density at radius 2 is 2.17 bits per heavy atom. The Morgan fingerprint density at radius 1 is 1.39 bits per heavy atom. The quantitative estimate of drug-likeness (QED) is 0.819. The molecule has 2 unspecified atom stereocenters. The maximum Gasteiger partial charge on any atom is 0.223 e. The first kappa shape index (κ1) is 13.0. The Morgan fingerprint density at radius 3 is 2.89 bits per heavy atom. The van der Waals surface area contributed by atoms with Crippen molar-refractivity contribution < 1.29 is 4.79 Å². The molecule has 4 nitrogen and oxygen atoms in total. The smallest absolute Gasteiger partial charge is 0.223 e. The normalized spacial score (nSPS) is 22.9. The second kappa shape index (κ2) is 6.50. The standard InChI is InChI=1S/C14H21N3O/c15-10-12-2-1-3-13(12)14(18)17-9-6-11-4-7-16-8-5-11/h4-5,7-8,12-13H,1-3,6,9-10,15H2,(H,17,18). The molecule has 3 N–H and O–H groups in total. The lowest BCUT2D eigenvalue weighted by molar-refractivity contribution is -0.125. The molecule has 98 valence electrons. The molecular weight excluding hydrogens is 226 g/mol. The molecule has 0 bridgehead atoms. The predicted molar refractivity (Wildman–Crippen MR) is 70.8 cm³/mol. The lowest BCUT2D eigenvalue weighted by atomic mass is 9.95. The third-order valence-electron chi connectivity index (χ3n) is 3.76. The highest BCUT2D eigenvalue weighted by Crippen LogP contribution is 2.30. The topological polar surface area (TPSA) is 68.0 Å². The van der Waals surface area contributed by atoms with Gasteiger partial charge < -0.3 is 11.1 Å². The van der Waals surface area contributed by atoms with Crippen molar-refractivity contribution in [3.8, 4) is 0 Å². The van der Waals surface area contributed by atoms with E-state index in [0.29, 0.717) is 19.0 Å². The van der Waals surface area contributed by atoms with Crippen LogP contribution in [0.4, 0.5) is 0 Å². The van der Waals surface area contributed by atoms with E-state index in [2.05, 4.69) is 10.3 Å². The number of carbonyl (C=O) groups excluding carboxylic acids is 1. The molecule has 1 saturated carbocycles. The molecule has 2 atom stereocenters. The van der Waals surface area contributed by atoms with Gasteiger partial charge in [0.1, 0.15) is 0 Å². The number of nitrogens with two attached hydrogens (primary N) is 1. The maximum absolute atomic E-state index is 12.0. The average molecular weight is 247 g/mol. The van der Waals surface area contributed by atoms with Gasteiger partial charge in [0.05, 0.1) is 0 Å². The first-order valence-corrected chi connectivity index (χ1v) is 6.68. The summed E-state index contributed by atoms with van der Waals surface area (Å²) in [5.74, 6) is 0.690. The highest BCUT2D eigenvalue weighted by Gasteiger charge is 2.31. The molecule has 0 saturated heterocycles. The molecule has 18 heavy (non-hydrogen) atoms. The number of hydrogen-bond donors (Lipinski definition) is 2. The van der Waals surface area contributed by atoms with Gasteiger partial charge in [0, 0.05) is 24.9 Å². The van der Waals surface area contributed by atoms with Crippen molar-refractivity contribution in [2.45, 2.75) is 25.7 Å². The van der Waals surface area contributed by atoms with E-state index in [4.69, 9.17) is 5.73 Å². The Hall–Kier alpha value is -1.42. The van der Waals surface area contributed by atoms with Gasteiger partial charge in [-0.15, -0.1) is 0 Å². The molecule has 1 aromatic rings. The number of pyridine rings is 1. The minimum absolute atomic E-state index is 0.132. The lowest BCUT2D eigenvalue weighted by Gasteiger charge is -2.17. The Labute approximate surface area is 108 Å². The number of amides is 1. The monoisotopic (exact) mass is 247 g/mol. The van der Waals surface area contributed by atoms with Gasteiger partial charge in [0.15, 0.2) is 0 Å². The van der Waals surface area contributed by atoms with Crippen molar-refractivity contribution in [3.05, 3.63) is 30.1 Å². The number of rotatable bonds is 5. The maximum atomic E-state index is 12.0. The van der Waals surface area contributed by atoms with Gasteiger partial charge in [-0.2, -0.15) is 0 Å². The number of aromatic nitrogens is 1. The molecule has 1 amide bonds. The van der Waals surface area contributed by atoms with Crippen molar-refractivity contribution in [2.75, 3.05) is 13.1 Å². The summed E-state index contributed by atoms with van der Waals surface area (Å²) in [6, 6.07) is 3.95. The minimum atomic E-state index is 0.132. The van der Waals surface area contributed by atoms with E-state index in [1.54, 1.807) is 12.4 Å². The zero-order valence-corrected chi connectivity index (χ0v) is 10.6. The van der Waals surface area contributed by atoms with Gasteiger partial charge in [0.2, 0.25) is 5.91 Å². The van der Waals surface area contributed by atoms with Crippen molar-refractivity contribution >= 4 is 5.91 Å². The SMILES string of the molecule is NCC1CCCC1C(=O)NCCc1ccncc1. The summed E-state index contributed by atoms with van der Waals surface area (Å²) in [6.45, 7) is 1.32. The largest absolute Gasteiger partial charge is 0.356 e. The summed E-state index contributed by atoms with van der Waals surface area (Å²) in [4.78, 5) is 16.0. The number of nitrogens with one attached hydrogen (secondary N) is 1. The molecule has 2 rings (SSSR count). The Kier molecular flexibility index (Phi) is 4.70. The van der Waals surface area contributed by atoms with Crippen molar-refractivity contribution in [1.82, 2.24) is 10.3 Å². The second-order valence-corrected chi connectivity index (χ2v) is 4.93. The second-order valence-electron chi connectivity index (χ2n) is 4.93. The molecule has 1 aromatic heterocycles. The fraction of sp³-hybridized carbons (Fsp3) is 0.571. The van der Waals surface area contributed by atoms with Crippen LogP contribution in [0.1, 0.15) is 24.8 Å². The van der Waals surface area contributed by atoms with Gasteiger partial charge in [-0.05, 0) is 49.4 Å². The van der Waals surface area contributed by atoms with Gasteiger partial charge in [-0.25, -0.2) is 0 Å². The van der Waals surface area contributed by atoms with Crippen LogP contribution in [0.15, 0.2) is 24.5 Å². The third-order valence-corrected chi connectivity index (χ3v) is 3.76. The van der Waals surface area contributed by atoms with Gasteiger partial charge >= 0.3 is 0 Å². The molecule has 1 heterocycles. The molecule has 0 aliphatic heterocycles. The highest BCUT2D eigenvalue weighted by molar-refractivity contribution is 5.79. The number of hydrogen-bond acceptors (Lipinski definition) is 3. The first-order chi connectivity index (χ1) is 8.81. The number of carbonyl (C=O) groups is 1.